The van der Waals surface area contributed by atoms with Crippen LogP contribution in [0.1, 0.15) is 17.5 Å². The number of methoxy groups -OCH3 is 1. The smallest absolute Gasteiger partial charge is 0.126 e. The van der Waals surface area contributed by atoms with Gasteiger partial charge < -0.3 is 10.5 Å². The number of halogens is 1. The second-order valence-electron chi connectivity index (χ2n) is 3.31. The van der Waals surface area contributed by atoms with Gasteiger partial charge in [0.2, 0.25) is 0 Å². The maximum atomic E-state index is 13.4. The Morgan fingerprint density at radius 1 is 1.43 bits per heavy atom. The van der Waals surface area contributed by atoms with E-state index < -0.39 is 0 Å². The van der Waals surface area contributed by atoms with Gasteiger partial charge in [0.1, 0.15) is 11.6 Å². The Morgan fingerprint density at radius 3 is 2.71 bits per heavy atom. The van der Waals surface area contributed by atoms with E-state index in [4.69, 9.17) is 10.5 Å². The zero-order valence-electron chi connectivity index (χ0n) is 8.64. The molecule has 0 aromatic heterocycles. The first-order valence-electron chi connectivity index (χ1n) is 4.72. The lowest BCUT2D eigenvalue weighted by atomic mass is 10.1. The van der Waals surface area contributed by atoms with Crippen molar-refractivity contribution in [1.29, 1.82) is 0 Å². The highest BCUT2D eigenvalue weighted by Crippen LogP contribution is 2.22. The van der Waals surface area contributed by atoms with Crippen molar-refractivity contribution in [2.45, 2.75) is 19.8 Å². The van der Waals surface area contributed by atoms with Gasteiger partial charge in [-0.1, -0.05) is 0 Å². The standard InChI is InChI=1S/C11H16FNO/c1-8-6-10(12)9(4-3-5-13)7-11(8)14-2/h6-7H,3-5,13H2,1-2H3. The Kier molecular flexibility index (Phi) is 3.89. The van der Waals surface area contributed by atoms with Crippen molar-refractivity contribution in [1.82, 2.24) is 0 Å². The van der Waals surface area contributed by atoms with Gasteiger partial charge in [-0.3, -0.25) is 0 Å². The molecular weight excluding hydrogens is 181 g/mol. The maximum absolute atomic E-state index is 13.4. The molecule has 78 valence electrons. The minimum Gasteiger partial charge on any atom is -0.496 e. The summed E-state index contributed by atoms with van der Waals surface area (Å²) in [5, 5.41) is 0. The topological polar surface area (TPSA) is 35.2 Å². The summed E-state index contributed by atoms with van der Waals surface area (Å²) in [6.07, 6.45) is 1.46. The monoisotopic (exact) mass is 197 g/mol. The molecule has 0 amide bonds. The van der Waals surface area contributed by atoms with E-state index >= 15 is 0 Å². The first-order chi connectivity index (χ1) is 6.69. The molecule has 1 aromatic rings. The predicted molar refractivity (Wildman–Crippen MR) is 55.1 cm³/mol. The van der Waals surface area contributed by atoms with Crippen molar-refractivity contribution >= 4 is 0 Å². The summed E-state index contributed by atoms with van der Waals surface area (Å²) < 4.78 is 18.5. The zero-order chi connectivity index (χ0) is 10.6. The number of ether oxygens (including phenoxy) is 1. The number of nitrogens with two attached hydrogens (primary N) is 1. The molecule has 0 spiro atoms. The van der Waals surface area contributed by atoms with Crippen LogP contribution in [0.25, 0.3) is 0 Å². The first kappa shape index (κ1) is 11.0. The Morgan fingerprint density at radius 2 is 2.14 bits per heavy atom. The van der Waals surface area contributed by atoms with Crippen LogP contribution >= 0.6 is 0 Å². The molecule has 0 aliphatic heterocycles. The van der Waals surface area contributed by atoms with Gasteiger partial charge in [-0.25, -0.2) is 4.39 Å². The molecule has 1 aromatic carbocycles. The van der Waals surface area contributed by atoms with Crippen molar-refractivity contribution in [2.75, 3.05) is 13.7 Å². The third kappa shape index (κ3) is 2.45. The van der Waals surface area contributed by atoms with Crippen LogP contribution < -0.4 is 10.5 Å². The van der Waals surface area contributed by atoms with E-state index in [1.165, 1.54) is 6.07 Å². The van der Waals surface area contributed by atoms with Crippen molar-refractivity contribution in [3.63, 3.8) is 0 Å². The van der Waals surface area contributed by atoms with Gasteiger partial charge in [-0.15, -0.1) is 0 Å². The van der Waals surface area contributed by atoms with E-state index in [1.807, 2.05) is 6.92 Å². The van der Waals surface area contributed by atoms with Crippen LogP contribution in [0.5, 0.6) is 5.75 Å². The van der Waals surface area contributed by atoms with Gasteiger partial charge in [-0.05, 0) is 49.6 Å². The minimum absolute atomic E-state index is 0.170. The summed E-state index contributed by atoms with van der Waals surface area (Å²) in [5.74, 6) is 0.565. The molecule has 2 nitrogen and oxygen atoms in total. The van der Waals surface area contributed by atoms with E-state index in [0.717, 1.165) is 17.7 Å². The lowest BCUT2D eigenvalue weighted by Crippen LogP contribution is -2.02. The second kappa shape index (κ2) is 4.96. The molecule has 0 aliphatic rings. The van der Waals surface area contributed by atoms with Crippen LogP contribution in [0.3, 0.4) is 0 Å². The summed E-state index contributed by atoms with van der Waals surface area (Å²) in [5.41, 5.74) is 6.87. The fourth-order valence-corrected chi connectivity index (χ4v) is 1.40. The van der Waals surface area contributed by atoms with Crippen LogP contribution in [-0.2, 0) is 6.42 Å². The molecule has 0 radical (unpaired) electrons. The van der Waals surface area contributed by atoms with Crippen molar-refractivity contribution < 1.29 is 9.13 Å². The molecule has 0 atom stereocenters. The van der Waals surface area contributed by atoms with E-state index in [1.54, 1.807) is 13.2 Å². The molecule has 0 unspecified atom stereocenters. The lowest BCUT2D eigenvalue weighted by Gasteiger charge is -2.08. The van der Waals surface area contributed by atoms with Gasteiger partial charge >= 0.3 is 0 Å². The van der Waals surface area contributed by atoms with Crippen LogP contribution in [0, 0.1) is 12.7 Å². The minimum atomic E-state index is -0.170. The number of aryl methyl sites for hydroxylation is 2. The molecule has 0 fully saturated rings. The average molecular weight is 197 g/mol. The van der Waals surface area contributed by atoms with E-state index in [2.05, 4.69) is 0 Å². The number of hydrogen-bond donors (Lipinski definition) is 1. The first-order valence-corrected chi connectivity index (χ1v) is 4.72. The molecule has 3 heteroatoms. The summed E-state index contributed by atoms with van der Waals surface area (Å²) >= 11 is 0. The van der Waals surface area contributed by atoms with Gasteiger partial charge in [0.25, 0.3) is 0 Å². The summed E-state index contributed by atoms with van der Waals surface area (Å²) in [7, 11) is 1.59. The average Bonchev–Trinajstić information content (AvgIpc) is 2.17. The number of rotatable bonds is 4. The molecule has 0 bridgehead atoms. The maximum Gasteiger partial charge on any atom is 0.126 e. The highest BCUT2D eigenvalue weighted by Gasteiger charge is 2.06. The second-order valence-corrected chi connectivity index (χ2v) is 3.31. The van der Waals surface area contributed by atoms with Gasteiger partial charge in [0.05, 0.1) is 7.11 Å². The lowest BCUT2D eigenvalue weighted by molar-refractivity contribution is 0.409. The normalized spacial score (nSPS) is 10.3. The third-order valence-corrected chi connectivity index (χ3v) is 2.21. The van der Waals surface area contributed by atoms with Crippen LogP contribution in [-0.4, -0.2) is 13.7 Å². The highest BCUT2D eigenvalue weighted by molar-refractivity contribution is 5.37. The molecule has 14 heavy (non-hydrogen) atoms. The van der Waals surface area contributed by atoms with Crippen molar-refractivity contribution in [3.05, 3.63) is 29.1 Å². The quantitative estimate of drug-likeness (QED) is 0.801. The summed E-state index contributed by atoms with van der Waals surface area (Å²) in [4.78, 5) is 0. The predicted octanol–water partition coefficient (Wildman–Crippen LogP) is 2.03. The SMILES string of the molecule is COc1cc(CCCN)c(F)cc1C. The highest BCUT2D eigenvalue weighted by atomic mass is 19.1. The molecule has 1 rings (SSSR count). The molecule has 0 saturated heterocycles. The Balaban J connectivity index is 2.92. The molecule has 2 N–H and O–H groups in total. The largest absolute Gasteiger partial charge is 0.496 e. The summed E-state index contributed by atoms with van der Waals surface area (Å²) in [6, 6.07) is 3.25. The van der Waals surface area contributed by atoms with Gasteiger partial charge in [-0.2, -0.15) is 0 Å². The van der Waals surface area contributed by atoms with Gasteiger partial charge in [0, 0.05) is 0 Å². The van der Waals surface area contributed by atoms with E-state index in [9.17, 15) is 4.39 Å². The van der Waals surface area contributed by atoms with Crippen molar-refractivity contribution in [2.24, 2.45) is 5.73 Å². The van der Waals surface area contributed by atoms with Crippen LogP contribution in [0.4, 0.5) is 4.39 Å². The molecule has 0 aliphatic carbocycles. The molecular formula is C11H16FNO. The Hall–Kier alpha value is -1.09. The number of hydrogen-bond acceptors (Lipinski definition) is 2. The fraction of sp³-hybridized carbons (Fsp3) is 0.455. The van der Waals surface area contributed by atoms with Gasteiger partial charge in [0.15, 0.2) is 0 Å². The molecule has 0 heterocycles. The van der Waals surface area contributed by atoms with Crippen LogP contribution in [0.15, 0.2) is 12.1 Å². The zero-order valence-corrected chi connectivity index (χ0v) is 8.64. The van der Waals surface area contributed by atoms with E-state index in [-0.39, 0.29) is 5.82 Å². The molecule has 0 saturated carbocycles. The van der Waals surface area contributed by atoms with E-state index in [0.29, 0.717) is 18.5 Å². The third-order valence-electron chi connectivity index (χ3n) is 2.21. The number of benzene rings is 1. The fourth-order valence-electron chi connectivity index (χ4n) is 1.40. The summed E-state index contributed by atoms with van der Waals surface area (Å²) in [6.45, 7) is 2.41. The van der Waals surface area contributed by atoms with Crippen molar-refractivity contribution in [3.8, 4) is 5.75 Å². The Labute approximate surface area is 83.9 Å². The van der Waals surface area contributed by atoms with Crippen LogP contribution in [0.2, 0.25) is 0 Å². The Bertz CT molecular complexity index is 312.